The zero-order valence-electron chi connectivity index (χ0n) is 10.4. The van der Waals surface area contributed by atoms with Crippen LogP contribution in [0.4, 0.5) is 0 Å². The lowest BCUT2D eigenvalue weighted by molar-refractivity contribution is 0.399. The smallest absolute Gasteiger partial charge is 0.134 e. The maximum atomic E-state index is 5.12. The van der Waals surface area contributed by atoms with E-state index < -0.39 is 0 Å². The molecule has 2 atom stereocenters. The second-order valence-electron chi connectivity index (χ2n) is 5.59. The summed E-state index contributed by atoms with van der Waals surface area (Å²) in [7, 11) is 0. The van der Waals surface area contributed by atoms with Crippen LogP contribution in [0.1, 0.15) is 17.7 Å². The molecule has 18 heavy (non-hydrogen) atoms. The summed E-state index contributed by atoms with van der Waals surface area (Å²) in [5.41, 5.74) is 3.98. The maximum absolute atomic E-state index is 5.12. The van der Waals surface area contributed by atoms with Gasteiger partial charge >= 0.3 is 0 Å². The first-order valence-corrected chi connectivity index (χ1v) is 6.53. The summed E-state index contributed by atoms with van der Waals surface area (Å²) in [5, 5.41) is 7.54. The topological polar surface area (TPSA) is 38.1 Å². The van der Waals surface area contributed by atoms with E-state index in [4.69, 9.17) is 4.52 Å². The fourth-order valence-corrected chi connectivity index (χ4v) is 3.27. The van der Waals surface area contributed by atoms with Gasteiger partial charge in [0, 0.05) is 23.6 Å². The van der Waals surface area contributed by atoms with Crippen molar-refractivity contribution in [1.29, 1.82) is 0 Å². The highest BCUT2D eigenvalue weighted by molar-refractivity contribution is 5.60. The number of benzene rings is 1. The van der Waals surface area contributed by atoms with Crippen LogP contribution in [-0.4, -0.2) is 18.2 Å². The van der Waals surface area contributed by atoms with Gasteiger partial charge in [0.05, 0.1) is 0 Å². The summed E-state index contributed by atoms with van der Waals surface area (Å²) < 4.78 is 5.12. The standard InChI is InChI=1S/C15H16N2O/c1-10-6-14(17-18-10)11-2-4-12(5-3-11)15-7-13(15)8-16-9-15/h2-6,13,16H,7-9H2,1H3. The Balaban J connectivity index is 1.66. The Morgan fingerprint density at radius 1 is 1.33 bits per heavy atom. The summed E-state index contributed by atoms with van der Waals surface area (Å²) in [6, 6.07) is 10.8. The molecule has 0 amide bonds. The van der Waals surface area contributed by atoms with E-state index in [1.54, 1.807) is 0 Å². The molecule has 0 radical (unpaired) electrons. The monoisotopic (exact) mass is 240 g/mol. The third-order valence-electron chi connectivity index (χ3n) is 4.45. The van der Waals surface area contributed by atoms with Gasteiger partial charge in [-0.1, -0.05) is 29.4 Å². The second kappa shape index (κ2) is 3.45. The van der Waals surface area contributed by atoms with Crippen LogP contribution in [0.2, 0.25) is 0 Å². The van der Waals surface area contributed by atoms with Crippen LogP contribution in [0.5, 0.6) is 0 Å². The molecule has 0 bridgehead atoms. The van der Waals surface area contributed by atoms with Crippen LogP contribution in [0, 0.1) is 12.8 Å². The number of nitrogens with zero attached hydrogens (tertiary/aromatic N) is 1. The molecule has 1 aromatic heterocycles. The lowest BCUT2D eigenvalue weighted by Crippen LogP contribution is -2.19. The van der Waals surface area contributed by atoms with Gasteiger partial charge < -0.3 is 9.84 Å². The number of fused-ring (bicyclic) bond motifs is 1. The highest BCUT2D eigenvalue weighted by atomic mass is 16.5. The minimum absolute atomic E-state index is 0.443. The molecule has 1 saturated heterocycles. The fourth-order valence-electron chi connectivity index (χ4n) is 3.27. The first kappa shape index (κ1) is 10.3. The van der Waals surface area contributed by atoms with Crippen molar-refractivity contribution in [2.45, 2.75) is 18.8 Å². The van der Waals surface area contributed by atoms with Crippen LogP contribution in [0.15, 0.2) is 34.9 Å². The predicted molar refractivity (Wildman–Crippen MR) is 69.3 cm³/mol. The molecular weight excluding hydrogens is 224 g/mol. The van der Waals surface area contributed by atoms with Crippen LogP contribution in [0.3, 0.4) is 0 Å². The molecule has 92 valence electrons. The maximum Gasteiger partial charge on any atom is 0.134 e. The lowest BCUT2D eigenvalue weighted by Gasteiger charge is -2.12. The van der Waals surface area contributed by atoms with Crippen molar-refractivity contribution >= 4 is 0 Å². The van der Waals surface area contributed by atoms with Crippen LogP contribution < -0.4 is 5.32 Å². The molecular formula is C15H16N2O. The van der Waals surface area contributed by atoms with Crippen molar-refractivity contribution in [1.82, 2.24) is 10.5 Å². The summed E-state index contributed by atoms with van der Waals surface area (Å²) in [5.74, 6) is 1.72. The van der Waals surface area contributed by atoms with Crippen molar-refractivity contribution in [2.24, 2.45) is 5.92 Å². The molecule has 1 aromatic carbocycles. The first-order chi connectivity index (χ1) is 8.78. The molecule has 4 rings (SSSR count). The number of nitrogens with one attached hydrogen (secondary N) is 1. The van der Waals surface area contributed by atoms with Crippen molar-refractivity contribution in [3.63, 3.8) is 0 Å². The number of rotatable bonds is 2. The van der Waals surface area contributed by atoms with E-state index in [0.717, 1.165) is 29.5 Å². The van der Waals surface area contributed by atoms with Gasteiger partial charge in [-0.2, -0.15) is 0 Å². The summed E-state index contributed by atoms with van der Waals surface area (Å²) >= 11 is 0. The van der Waals surface area contributed by atoms with E-state index in [2.05, 4.69) is 34.7 Å². The van der Waals surface area contributed by atoms with E-state index in [1.807, 2.05) is 13.0 Å². The molecule has 2 heterocycles. The molecule has 3 nitrogen and oxygen atoms in total. The Hall–Kier alpha value is -1.61. The molecule has 2 fully saturated rings. The Morgan fingerprint density at radius 3 is 2.72 bits per heavy atom. The van der Waals surface area contributed by atoms with E-state index in [-0.39, 0.29) is 0 Å². The summed E-state index contributed by atoms with van der Waals surface area (Å²) in [4.78, 5) is 0. The Labute approximate surface area is 106 Å². The van der Waals surface area contributed by atoms with E-state index in [9.17, 15) is 0 Å². The third-order valence-corrected chi connectivity index (χ3v) is 4.45. The molecule has 2 unspecified atom stereocenters. The van der Waals surface area contributed by atoms with Gasteiger partial charge in [0.25, 0.3) is 0 Å². The van der Waals surface area contributed by atoms with Gasteiger partial charge in [-0.25, -0.2) is 0 Å². The molecule has 1 aliphatic carbocycles. The third kappa shape index (κ3) is 1.37. The molecule has 3 heteroatoms. The minimum atomic E-state index is 0.443. The van der Waals surface area contributed by atoms with E-state index in [1.165, 1.54) is 18.5 Å². The average Bonchev–Trinajstić information content (AvgIpc) is 2.75. The SMILES string of the molecule is Cc1cc(-c2ccc(C34CNCC3C4)cc2)no1. The number of piperidine rings is 1. The minimum Gasteiger partial charge on any atom is -0.361 e. The van der Waals surface area contributed by atoms with Gasteiger partial charge in [0.15, 0.2) is 0 Å². The van der Waals surface area contributed by atoms with Gasteiger partial charge in [-0.3, -0.25) is 0 Å². The first-order valence-electron chi connectivity index (χ1n) is 6.53. The number of hydrogen-bond donors (Lipinski definition) is 1. The average molecular weight is 240 g/mol. The van der Waals surface area contributed by atoms with E-state index >= 15 is 0 Å². The molecule has 1 saturated carbocycles. The van der Waals surface area contributed by atoms with Crippen molar-refractivity contribution in [2.75, 3.05) is 13.1 Å². The lowest BCUT2D eigenvalue weighted by atomic mass is 9.94. The normalized spacial score (nSPS) is 29.3. The molecule has 1 N–H and O–H groups in total. The Bertz CT molecular complexity index is 587. The van der Waals surface area contributed by atoms with Crippen molar-refractivity contribution < 1.29 is 4.52 Å². The molecule has 2 aliphatic rings. The van der Waals surface area contributed by atoms with Crippen molar-refractivity contribution in [3.05, 3.63) is 41.7 Å². The highest BCUT2D eigenvalue weighted by Gasteiger charge is 2.57. The van der Waals surface area contributed by atoms with Gasteiger partial charge in [-0.15, -0.1) is 0 Å². The Morgan fingerprint density at radius 2 is 2.17 bits per heavy atom. The molecule has 1 aliphatic heterocycles. The van der Waals surface area contributed by atoms with Crippen LogP contribution in [-0.2, 0) is 5.41 Å². The zero-order valence-corrected chi connectivity index (χ0v) is 10.4. The van der Waals surface area contributed by atoms with Gasteiger partial charge in [-0.05, 0) is 31.4 Å². The predicted octanol–water partition coefficient (Wildman–Crippen LogP) is 2.51. The van der Waals surface area contributed by atoms with Gasteiger partial charge in [0.1, 0.15) is 11.5 Å². The quantitative estimate of drug-likeness (QED) is 0.876. The molecule has 2 aromatic rings. The summed E-state index contributed by atoms with van der Waals surface area (Å²) in [6.45, 7) is 4.24. The van der Waals surface area contributed by atoms with Gasteiger partial charge in [0.2, 0.25) is 0 Å². The van der Waals surface area contributed by atoms with Crippen LogP contribution in [0.25, 0.3) is 11.3 Å². The zero-order chi connectivity index (χ0) is 12.2. The summed E-state index contributed by atoms with van der Waals surface area (Å²) in [6.07, 6.45) is 1.35. The number of aryl methyl sites for hydroxylation is 1. The number of aromatic nitrogens is 1. The molecule has 0 spiro atoms. The highest BCUT2D eigenvalue weighted by Crippen LogP contribution is 2.56. The largest absolute Gasteiger partial charge is 0.361 e. The van der Waals surface area contributed by atoms with Crippen LogP contribution >= 0.6 is 0 Å². The Kier molecular flexibility index (Phi) is 1.98. The number of hydrogen-bond acceptors (Lipinski definition) is 3. The fraction of sp³-hybridized carbons (Fsp3) is 0.400. The van der Waals surface area contributed by atoms with E-state index in [0.29, 0.717) is 5.41 Å². The van der Waals surface area contributed by atoms with Crippen molar-refractivity contribution in [3.8, 4) is 11.3 Å². The second-order valence-corrected chi connectivity index (χ2v) is 5.59.